The lowest BCUT2D eigenvalue weighted by Crippen LogP contribution is -2.13. The predicted octanol–water partition coefficient (Wildman–Crippen LogP) is 6.47. The Labute approximate surface area is 116 Å². The summed E-state index contributed by atoms with van der Waals surface area (Å²) < 4.78 is 0. The zero-order valence-corrected chi connectivity index (χ0v) is 14.3. The molecule has 0 spiro atoms. The summed E-state index contributed by atoms with van der Waals surface area (Å²) in [6.07, 6.45) is 0. The Morgan fingerprint density at radius 3 is 1.61 bits per heavy atom. The van der Waals surface area contributed by atoms with Gasteiger partial charge >= 0.3 is 0 Å². The molecule has 0 aliphatic carbocycles. The molecular formula is C18H34. The van der Waals surface area contributed by atoms with Gasteiger partial charge in [0.05, 0.1) is 0 Å². The van der Waals surface area contributed by atoms with Crippen molar-refractivity contribution in [2.24, 2.45) is 0 Å². The third-order valence-corrected chi connectivity index (χ3v) is 2.73. The molecule has 0 aliphatic heterocycles. The molecule has 0 bridgehead atoms. The maximum atomic E-state index is 2.32. The highest BCUT2D eigenvalue weighted by molar-refractivity contribution is 5.36. The van der Waals surface area contributed by atoms with Gasteiger partial charge < -0.3 is 0 Å². The number of aryl methyl sites for hydroxylation is 1. The fourth-order valence-electron chi connectivity index (χ4n) is 1.89. The van der Waals surface area contributed by atoms with Crippen molar-refractivity contribution < 1.29 is 0 Å². The highest BCUT2D eigenvalue weighted by Gasteiger charge is 2.16. The van der Waals surface area contributed by atoms with Gasteiger partial charge in [-0.1, -0.05) is 80.5 Å². The molecule has 0 radical (unpaired) electrons. The van der Waals surface area contributed by atoms with E-state index in [1.54, 1.807) is 0 Å². The minimum Gasteiger partial charge on any atom is -0.0683 e. The van der Waals surface area contributed by atoms with Crippen LogP contribution in [-0.2, 0) is 5.41 Å². The lowest BCUT2D eigenvalue weighted by molar-refractivity contribution is 0.585. The maximum absolute atomic E-state index is 2.32. The van der Waals surface area contributed by atoms with E-state index in [-0.39, 0.29) is 5.41 Å². The predicted molar refractivity (Wildman–Crippen MR) is 86.7 cm³/mol. The van der Waals surface area contributed by atoms with Crippen LogP contribution in [0.5, 0.6) is 0 Å². The van der Waals surface area contributed by atoms with E-state index in [0.717, 1.165) is 0 Å². The van der Waals surface area contributed by atoms with Gasteiger partial charge in [-0.15, -0.1) is 0 Å². The molecule has 0 saturated carbocycles. The van der Waals surface area contributed by atoms with Crippen LogP contribution in [0, 0.1) is 6.92 Å². The molecule has 0 fully saturated rings. The molecular weight excluding hydrogens is 216 g/mol. The lowest BCUT2D eigenvalue weighted by Gasteiger charge is -2.22. The molecule has 0 aromatic heterocycles. The summed E-state index contributed by atoms with van der Waals surface area (Å²) in [5.74, 6) is 0.628. The quantitative estimate of drug-likeness (QED) is 0.536. The molecule has 0 amide bonds. The average molecular weight is 250 g/mol. The van der Waals surface area contributed by atoms with E-state index in [0.29, 0.717) is 5.92 Å². The zero-order chi connectivity index (χ0) is 14.9. The molecule has 0 heteroatoms. The van der Waals surface area contributed by atoms with Crippen molar-refractivity contribution in [2.75, 3.05) is 0 Å². The molecule has 0 unspecified atom stereocenters. The van der Waals surface area contributed by atoms with E-state index in [9.17, 15) is 0 Å². The topological polar surface area (TPSA) is 0 Å². The Morgan fingerprint density at radius 2 is 1.33 bits per heavy atom. The summed E-state index contributed by atoms with van der Waals surface area (Å²) in [4.78, 5) is 0. The minimum atomic E-state index is 0.263. The largest absolute Gasteiger partial charge is 0.0683 e. The fourth-order valence-corrected chi connectivity index (χ4v) is 1.89. The Morgan fingerprint density at radius 1 is 0.889 bits per heavy atom. The molecule has 0 nitrogen and oxygen atoms in total. The molecule has 0 aliphatic rings. The molecule has 1 rings (SSSR count). The SMILES string of the molecule is CC.CC.Cc1cc(C(C)C)ccc1C(C)(C)C. The first-order valence-electron chi connectivity index (χ1n) is 7.43. The first-order chi connectivity index (χ1) is 8.32. The summed E-state index contributed by atoms with van der Waals surface area (Å²) in [6, 6.07) is 6.87. The van der Waals surface area contributed by atoms with Crippen LogP contribution < -0.4 is 0 Å². The first kappa shape index (κ1) is 19.6. The van der Waals surface area contributed by atoms with Crippen molar-refractivity contribution in [1.82, 2.24) is 0 Å². The Bertz CT molecular complexity index is 313. The van der Waals surface area contributed by atoms with Crippen LogP contribution in [0.1, 0.15) is 84.9 Å². The van der Waals surface area contributed by atoms with E-state index in [1.165, 1.54) is 16.7 Å². The van der Waals surface area contributed by atoms with Gasteiger partial charge in [-0.3, -0.25) is 0 Å². The Hall–Kier alpha value is -0.780. The summed E-state index contributed by atoms with van der Waals surface area (Å²) in [6.45, 7) is 21.5. The van der Waals surface area contributed by atoms with Crippen LogP contribution in [0.15, 0.2) is 18.2 Å². The number of rotatable bonds is 1. The molecule has 0 heterocycles. The van der Waals surface area contributed by atoms with Crippen molar-refractivity contribution in [1.29, 1.82) is 0 Å². The van der Waals surface area contributed by atoms with Gasteiger partial charge in [-0.25, -0.2) is 0 Å². The smallest absolute Gasteiger partial charge is 0.0129 e. The van der Waals surface area contributed by atoms with Crippen molar-refractivity contribution in [3.05, 3.63) is 34.9 Å². The van der Waals surface area contributed by atoms with E-state index in [4.69, 9.17) is 0 Å². The van der Waals surface area contributed by atoms with Gasteiger partial charge in [0.15, 0.2) is 0 Å². The maximum Gasteiger partial charge on any atom is -0.0129 e. The van der Waals surface area contributed by atoms with Gasteiger partial charge in [-0.2, -0.15) is 0 Å². The molecule has 18 heavy (non-hydrogen) atoms. The van der Waals surface area contributed by atoms with Gasteiger partial charge in [0.25, 0.3) is 0 Å². The second kappa shape index (κ2) is 9.19. The monoisotopic (exact) mass is 250 g/mol. The van der Waals surface area contributed by atoms with E-state index < -0.39 is 0 Å². The summed E-state index contributed by atoms with van der Waals surface area (Å²) >= 11 is 0. The van der Waals surface area contributed by atoms with Crippen LogP contribution in [0.2, 0.25) is 0 Å². The summed E-state index contributed by atoms with van der Waals surface area (Å²) in [5, 5.41) is 0. The third kappa shape index (κ3) is 6.23. The lowest BCUT2D eigenvalue weighted by atomic mass is 9.83. The zero-order valence-electron chi connectivity index (χ0n) is 14.3. The number of hydrogen-bond donors (Lipinski definition) is 0. The second-order valence-electron chi connectivity index (χ2n) is 5.48. The van der Waals surface area contributed by atoms with Crippen molar-refractivity contribution in [3.63, 3.8) is 0 Å². The fraction of sp³-hybridized carbons (Fsp3) is 0.667. The Kier molecular flexibility index (Phi) is 9.99. The molecule has 0 atom stereocenters. The molecule has 1 aromatic carbocycles. The summed E-state index contributed by atoms with van der Waals surface area (Å²) in [5.41, 5.74) is 4.58. The van der Waals surface area contributed by atoms with E-state index in [2.05, 4.69) is 59.7 Å². The third-order valence-electron chi connectivity index (χ3n) is 2.73. The van der Waals surface area contributed by atoms with Crippen LogP contribution in [0.4, 0.5) is 0 Å². The van der Waals surface area contributed by atoms with Crippen molar-refractivity contribution in [3.8, 4) is 0 Å². The van der Waals surface area contributed by atoms with E-state index >= 15 is 0 Å². The molecule has 0 N–H and O–H groups in total. The van der Waals surface area contributed by atoms with Gasteiger partial charge in [-0.05, 0) is 34.9 Å². The standard InChI is InChI=1S/C14H22.2C2H6/c1-10(2)12-7-8-13(11(3)9-12)14(4,5)6;2*1-2/h7-10H,1-6H3;2*1-2H3. The van der Waals surface area contributed by atoms with Crippen LogP contribution >= 0.6 is 0 Å². The number of hydrogen-bond acceptors (Lipinski definition) is 0. The number of benzene rings is 1. The van der Waals surface area contributed by atoms with Gasteiger partial charge in [0, 0.05) is 0 Å². The van der Waals surface area contributed by atoms with Crippen LogP contribution in [-0.4, -0.2) is 0 Å². The molecule has 1 aromatic rings. The van der Waals surface area contributed by atoms with Crippen LogP contribution in [0.3, 0.4) is 0 Å². The summed E-state index contributed by atoms with van der Waals surface area (Å²) in [7, 11) is 0. The Balaban J connectivity index is 0. The first-order valence-corrected chi connectivity index (χ1v) is 7.43. The molecule has 0 saturated heterocycles. The highest BCUT2D eigenvalue weighted by atomic mass is 14.2. The van der Waals surface area contributed by atoms with Gasteiger partial charge in [0.1, 0.15) is 0 Å². The minimum absolute atomic E-state index is 0.263. The van der Waals surface area contributed by atoms with E-state index in [1.807, 2.05) is 27.7 Å². The van der Waals surface area contributed by atoms with Crippen molar-refractivity contribution >= 4 is 0 Å². The van der Waals surface area contributed by atoms with Gasteiger partial charge in [0.2, 0.25) is 0 Å². The van der Waals surface area contributed by atoms with Crippen LogP contribution in [0.25, 0.3) is 0 Å². The normalized spacial score (nSPS) is 10.2. The highest BCUT2D eigenvalue weighted by Crippen LogP contribution is 2.27. The van der Waals surface area contributed by atoms with Crippen molar-refractivity contribution in [2.45, 2.75) is 80.6 Å². The molecule has 106 valence electrons. The second-order valence-corrected chi connectivity index (χ2v) is 5.48. The average Bonchev–Trinajstić information content (AvgIpc) is 2.32.